The Labute approximate surface area is 92.2 Å². The van der Waals surface area contributed by atoms with Crippen molar-refractivity contribution in [1.29, 1.82) is 0 Å². The number of alkyl halides is 1. The largest absolute Gasteiger partial charge is 0.459 e. The van der Waals surface area contributed by atoms with Crippen LogP contribution in [0.15, 0.2) is 0 Å². The molecule has 0 heterocycles. The number of esters is 1. The van der Waals surface area contributed by atoms with Gasteiger partial charge in [-0.1, -0.05) is 20.8 Å². The van der Waals surface area contributed by atoms with Crippen LogP contribution in [0.1, 0.15) is 47.5 Å². The Bertz CT molecular complexity index is 200. The molecule has 0 amide bonds. The van der Waals surface area contributed by atoms with Crippen molar-refractivity contribution in [2.75, 3.05) is 6.67 Å². The van der Waals surface area contributed by atoms with Crippen LogP contribution >= 0.6 is 0 Å². The zero-order valence-corrected chi connectivity index (χ0v) is 10.5. The maximum atomic E-state index is 12.6. The van der Waals surface area contributed by atoms with Crippen LogP contribution in [-0.2, 0) is 9.53 Å². The van der Waals surface area contributed by atoms with Crippen molar-refractivity contribution in [2.24, 2.45) is 11.3 Å². The van der Waals surface area contributed by atoms with E-state index >= 15 is 0 Å². The van der Waals surface area contributed by atoms with Crippen molar-refractivity contribution in [3.63, 3.8) is 0 Å². The summed E-state index contributed by atoms with van der Waals surface area (Å²) in [5.74, 6) is 0.0385. The van der Waals surface area contributed by atoms with Crippen LogP contribution < -0.4 is 0 Å². The molecule has 3 heteroatoms. The highest BCUT2D eigenvalue weighted by atomic mass is 19.1. The Kier molecular flexibility index (Phi) is 5.84. The third kappa shape index (κ3) is 5.14. The lowest BCUT2D eigenvalue weighted by Gasteiger charge is -2.24. The van der Waals surface area contributed by atoms with E-state index in [4.69, 9.17) is 4.74 Å². The van der Waals surface area contributed by atoms with Crippen LogP contribution in [-0.4, -0.2) is 18.7 Å². The molecule has 1 atom stereocenters. The Morgan fingerprint density at radius 3 is 2.27 bits per heavy atom. The maximum Gasteiger partial charge on any atom is 0.311 e. The van der Waals surface area contributed by atoms with Crippen LogP contribution in [0.25, 0.3) is 0 Å². The second kappa shape index (κ2) is 6.09. The van der Waals surface area contributed by atoms with E-state index in [9.17, 15) is 9.18 Å². The van der Waals surface area contributed by atoms with Gasteiger partial charge in [0.05, 0.1) is 5.41 Å². The molecule has 2 nitrogen and oxygen atoms in total. The molecule has 0 aliphatic carbocycles. The second-order valence-electron chi connectivity index (χ2n) is 5.05. The first-order valence-electron chi connectivity index (χ1n) is 5.60. The lowest BCUT2D eigenvalue weighted by Crippen LogP contribution is -2.31. The van der Waals surface area contributed by atoms with Crippen molar-refractivity contribution < 1.29 is 13.9 Å². The van der Waals surface area contributed by atoms with E-state index in [2.05, 4.69) is 0 Å². The molecule has 0 aromatic heterocycles. The molecule has 0 aromatic rings. The Morgan fingerprint density at radius 1 is 1.40 bits per heavy atom. The molecular formula is C12H23FO2. The molecule has 0 saturated heterocycles. The molecule has 0 bridgehead atoms. The van der Waals surface area contributed by atoms with E-state index < -0.39 is 18.2 Å². The molecule has 0 N–H and O–H groups in total. The number of ether oxygens (including phenoxy) is 1. The van der Waals surface area contributed by atoms with Gasteiger partial charge in [-0.25, -0.2) is 4.39 Å². The van der Waals surface area contributed by atoms with E-state index in [0.717, 1.165) is 0 Å². The van der Waals surface area contributed by atoms with E-state index in [-0.39, 0.29) is 5.97 Å². The first-order valence-corrected chi connectivity index (χ1v) is 5.60. The van der Waals surface area contributed by atoms with Crippen LogP contribution in [0.3, 0.4) is 0 Å². The van der Waals surface area contributed by atoms with Crippen LogP contribution in [0.4, 0.5) is 4.39 Å². The summed E-state index contributed by atoms with van der Waals surface area (Å²) in [7, 11) is 0. The number of carbonyl (C=O) groups excluding carboxylic acids is 1. The van der Waals surface area contributed by atoms with Gasteiger partial charge < -0.3 is 4.74 Å². The van der Waals surface area contributed by atoms with Gasteiger partial charge in [0.25, 0.3) is 0 Å². The summed E-state index contributed by atoms with van der Waals surface area (Å²) >= 11 is 0. The third-order valence-corrected chi connectivity index (χ3v) is 2.62. The van der Waals surface area contributed by atoms with Crippen molar-refractivity contribution in [2.45, 2.75) is 53.6 Å². The normalized spacial score (nSPS) is 14.1. The molecule has 0 aliphatic heterocycles. The summed E-state index contributed by atoms with van der Waals surface area (Å²) in [4.78, 5) is 11.7. The van der Waals surface area contributed by atoms with E-state index in [1.807, 2.05) is 34.6 Å². The van der Waals surface area contributed by atoms with Gasteiger partial charge in [-0.05, 0) is 32.6 Å². The second-order valence-corrected chi connectivity index (χ2v) is 5.05. The minimum atomic E-state index is -0.594. The van der Waals surface area contributed by atoms with Gasteiger partial charge in [-0.15, -0.1) is 0 Å². The summed E-state index contributed by atoms with van der Waals surface area (Å²) < 4.78 is 17.7. The summed E-state index contributed by atoms with van der Waals surface area (Å²) in [5.41, 5.74) is -0.510. The van der Waals surface area contributed by atoms with Gasteiger partial charge in [0.2, 0.25) is 0 Å². The molecule has 0 fully saturated rings. The predicted octanol–water partition coefficient (Wildman–Crippen LogP) is 3.35. The number of rotatable bonds is 6. The highest BCUT2D eigenvalue weighted by Gasteiger charge is 2.29. The van der Waals surface area contributed by atoms with Crippen LogP contribution in [0.2, 0.25) is 0 Å². The van der Waals surface area contributed by atoms with Crippen molar-refractivity contribution in [1.82, 2.24) is 0 Å². The first kappa shape index (κ1) is 14.4. The molecule has 0 spiro atoms. The highest BCUT2D eigenvalue weighted by Crippen LogP contribution is 2.23. The fourth-order valence-electron chi connectivity index (χ4n) is 1.12. The van der Waals surface area contributed by atoms with E-state index in [0.29, 0.717) is 18.8 Å². The summed E-state index contributed by atoms with van der Waals surface area (Å²) in [5, 5.41) is 0. The Hall–Kier alpha value is -0.600. The molecule has 1 unspecified atom stereocenters. The zero-order chi connectivity index (χ0) is 12.1. The number of halogens is 1. The summed E-state index contributed by atoms with van der Waals surface area (Å²) in [6.45, 7) is 8.95. The molecular weight excluding hydrogens is 195 g/mol. The maximum absolute atomic E-state index is 12.6. The quantitative estimate of drug-likeness (QED) is 0.639. The molecule has 0 radical (unpaired) electrons. The van der Waals surface area contributed by atoms with E-state index in [1.54, 1.807) is 0 Å². The fourth-order valence-corrected chi connectivity index (χ4v) is 1.12. The van der Waals surface area contributed by atoms with Gasteiger partial charge in [0, 0.05) is 0 Å². The highest BCUT2D eigenvalue weighted by molar-refractivity contribution is 5.75. The topological polar surface area (TPSA) is 26.3 Å². The van der Waals surface area contributed by atoms with Gasteiger partial charge in [-0.3, -0.25) is 4.79 Å². The molecule has 0 saturated carbocycles. The van der Waals surface area contributed by atoms with E-state index in [1.165, 1.54) is 0 Å². The lowest BCUT2D eigenvalue weighted by atomic mass is 9.90. The van der Waals surface area contributed by atoms with Gasteiger partial charge >= 0.3 is 5.97 Å². The smallest absolute Gasteiger partial charge is 0.311 e. The number of carbonyl (C=O) groups is 1. The van der Waals surface area contributed by atoms with Gasteiger partial charge in [0.1, 0.15) is 12.8 Å². The molecule has 90 valence electrons. The average Bonchev–Trinajstić information content (AvgIpc) is 2.15. The van der Waals surface area contributed by atoms with Gasteiger partial charge in [0.15, 0.2) is 0 Å². The predicted molar refractivity (Wildman–Crippen MR) is 59.4 cm³/mol. The monoisotopic (exact) mass is 218 g/mol. The number of hydrogen-bond donors (Lipinski definition) is 0. The minimum absolute atomic E-state index is 0.298. The average molecular weight is 218 g/mol. The van der Waals surface area contributed by atoms with Crippen molar-refractivity contribution in [3.05, 3.63) is 0 Å². The standard InChI is InChI=1S/C12H23FO2/c1-6-12(4,5)11(14)15-10(8-13)7-9(2)3/h9-10H,6-8H2,1-5H3. The molecule has 0 aromatic carbocycles. The Morgan fingerprint density at radius 2 is 1.93 bits per heavy atom. The first-order chi connectivity index (χ1) is 6.83. The Balaban J connectivity index is 4.24. The van der Waals surface area contributed by atoms with Crippen LogP contribution in [0, 0.1) is 11.3 Å². The summed E-state index contributed by atoms with van der Waals surface area (Å²) in [6.07, 6.45) is 0.706. The van der Waals surface area contributed by atoms with Crippen LogP contribution in [0.5, 0.6) is 0 Å². The molecule has 15 heavy (non-hydrogen) atoms. The zero-order valence-electron chi connectivity index (χ0n) is 10.5. The SMILES string of the molecule is CCC(C)(C)C(=O)OC(CF)CC(C)C. The number of hydrogen-bond acceptors (Lipinski definition) is 2. The fraction of sp³-hybridized carbons (Fsp3) is 0.917. The van der Waals surface area contributed by atoms with Gasteiger partial charge in [-0.2, -0.15) is 0 Å². The summed E-state index contributed by atoms with van der Waals surface area (Å²) in [6, 6.07) is 0. The van der Waals surface area contributed by atoms with Crippen molar-refractivity contribution in [3.8, 4) is 0 Å². The molecule has 0 aliphatic rings. The minimum Gasteiger partial charge on any atom is -0.459 e. The molecule has 0 rings (SSSR count). The van der Waals surface area contributed by atoms with Crippen molar-refractivity contribution >= 4 is 5.97 Å². The third-order valence-electron chi connectivity index (χ3n) is 2.62. The lowest BCUT2D eigenvalue weighted by molar-refractivity contribution is -0.161.